The number of nitrogen functional groups attached to an aromatic ring is 1. The third kappa shape index (κ3) is 5.61. The summed E-state index contributed by atoms with van der Waals surface area (Å²) in [5.41, 5.74) is 12.1. The zero-order chi connectivity index (χ0) is 28.5. The lowest BCUT2D eigenvalue weighted by Crippen LogP contribution is -2.54. The molecule has 3 amide bonds. The number of carbonyl (C=O) groups is 2. The van der Waals surface area contributed by atoms with Crippen LogP contribution in [-0.2, 0) is 11.3 Å². The van der Waals surface area contributed by atoms with E-state index >= 15 is 0 Å². The van der Waals surface area contributed by atoms with Crippen LogP contribution in [0.15, 0.2) is 66.7 Å². The molecule has 3 heterocycles. The Labute approximate surface area is 242 Å². The Morgan fingerprint density at radius 3 is 2.27 bits per heavy atom. The quantitative estimate of drug-likeness (QED) is 0.414. The first-order chi connectivity index (χ1) is 19.9. The Bertz CT molecular complexity index is 1390. The molecule has 3 fully saturated rings. The Hall–Kier alpha value is -4.04. The minimum atomic E-state index is -0.263. The van der Waals surface area contributed by atoms with Crippen molar-refractivity contribution in [2.75, 3.05) is 55.4 Å². The van der Waals surface area contributed by atoms with Crippen molar-refractivity contribution >= 4 is 29.0 Å². The van der Waals surface area contributed by atoms with Crippen LogP contribution in [0, 0.1) is 6.92 Å². The van der Waals surface area contributed by atoms with Crippen molar-refractivity contribution in [1.82, 2.24) is 9.80 Å². The van der Waals surface area contributed by atoms with Crippen LogP contribution in [0.2, 0.25) is 0 Å². The second-order valence-electron chi connectivity index (χ2n) is 11.5. The van der Waals surface area contributed by atoms with Gasteiger partial charge >= 0.3 is 6.03 Å². The molecule has 41 heavy (non-hydrogen) atoms. The lowest BCUT2D eigenvalue weighted by Gasteiger charge is -2.47. The van der Waals surface area contributed by atoms with Gasteiger partial charge in [-0.25, -0.2) is 4.79 Å². The van der Waals surface area contributed by atoms with E-state index in [0.717, 1.165) is 67.3 Å². The van der Waals surface area contributed by atoms with Crippen molar-refractivity contribution in [3.8, 4) is 5.75 Å². The molecule has 3 aromatic rings. The van der Waals surface area contributed by atoms with Gasteiger partial charge in [-0.2, -0.15) is 0 Å². The van der Waals surface area contributed by atoms with Gasteiger partial charge < -0.3 is 15.4 Å². The van der Waals surface area contributed by atoms with Gasteiger partial charge in [0.15, 0.2) is 0 Å². The molecule has 8 heteroatoms. The minimum Gasteiger partial charge on any atom is -0.497 e. The number of benzene rings is 3. The number of hydrogen-bond acceptors (Lipinski definition) is 6. The Morgan fingerprint density at radius 2 is 1.61 bits per heavy atom. The molecule has 2 N–H and O–H groups in total. The number of imide groups is 1. The lowest BCUT2D eigenvalue weighted by molar-refractivity contribution is -0.129. The fraction of sp³-hybridized carbons (Fsp3) is 0.394. The molecule has 0 saturated carbocycles. The Morgan fingerprint density at radius 1 is 0.902 bits per heavy atom. The Balaban J connectivity index is 1.05. The van der Waals surface area contributed by atoms with E-state index in [1.165, 1.54) is 16.2 Å². The predicted octanol–water partition coefficient (Wildman–Crippen LogP) is 5.01. The maximum absolute atomic E-state index is 13.5. The molecule has 3 aliphatic heterocycles. The van der Waals surface area contributed by atoms with Crippen LogP contribution in [0.5, 0.6) is 5.75 Å². The van der Waals surface area contributed by atoms with Gasteiger partial charge in [0.2, 0.25) is 5.91 Å². The van der Waals surface area contributed by atoms with Crippen LogP contribution in [0.4, 0.5) is 21.9 Å². The van der Waals surface area contributed by atoms with E-state index in [9.17, 15) is 9.59 Å². The first-order valence-electron chi connectivity index (χ1n) is 14.6. The topological polar surface area (TPSA) is 82.3 Å². The van der Waals surface area contributed by atoms with E-state index in [1.807, 2.05) is 42.5 Å². The van der Waals surface area contributed by atoms with Crippen molar-refractivity contribution in [3.05, 3.63) is 83.4 Å². The van der Waals surface area contributed by atoms with Gasteiger partial charge in [-0.05, 0) is 78.9 Å². The van der Waals surface area contributed by atoms with Crippen LogP contribution >= 0.6 is 0 Å². The number of amides is 3. The summed E-state index contributed by atoms with van der Waals surface area (Å²) in [5.74, 6) is 1.22. The first-order valence-corrected chi connectivity index (χ1v) is 14.6. The van der Waals surface area contributed by atoms with Crippen molar-refractivity contribution < 1.29 is 14.3 Å². The second-order valence-corrected chi connectivity index (χ2v) is 11.5. The molecule has 0 aromatic heterocycles. The van der Waals surface area contributed by atoms with E-state index in [0.29, 0.717) is 24.9 Å². The molecule has 3 aliphatic rings. The highest BCUT2D eigenvalue weighted by molar-refractivity contribution is 6.06. The van der Waals surface area contributed by atoms with E-state index in [4.69, 9.17) is 10.5 Å². The summed E-state index contributed by atoms with van der Waals surface area (Å²) in [7, 11) is 1.62. The van der Waals surface area contributed by atoms with Crippen molar-refractivity contribution in [2.45, 2.75) is 44.7 Å². The minimum absolute atomic E-state index is 0.138. The molecular weight excluding hydrogens is 514 g/mol. The standard InChI is InChI=1S/C33H39N5O3/c1-23-19-29(35-16-13-28(14-17-35)36-21-26(22-36)25-5-7-27(34)8-6-25)9-12-31(23)37-18-15-32(39)38(33(37)40)20-24-3-10-30(41-2)11-4-24/h3-12,19,26,28H,13-18,20-22,34H2,1-2H3. The maximum Gasteiger partial charge on any atom is 0.331 e. The molecule has 0 aliphatic carbocycles. The number of likely N-dealkylation sites (tertiary alicyclic amines) is 1. The number of rotatable bonds is 7. The van der Waals surface area contributed by atoms with E-state index < -0.39 is 0 Å². The highest BCUT2D eigenvalue weighted by Gasteiger charge is 2.36. The van der Waals surface area contributed by atoms with Crippen LogP contribution < -0.4 is 20.3 Å². The molecule has 3 aromatic carbocycles. The fourth-order valence-corrected chi connectivity index (χ4v) is 6.40. The molecule has 0 bridgehead atoms. The summed E-state index contributed by atoms with van der Waals surface area (Å²) in [6, 6.07) is 22.5. The number of urea groups is 1. The van der Waals surface area contributed by atoms with Crippen LogP contribution in [-0.4, -0.2) is 67.6 Å². The third-order valence-electron chi connectivity index (χ3n) is 8.95. The molecule has 8 nitrogen and oxygen atoms in total. The van der Waals surface area contributed by atoms with Crippen molar-refractivity contribution in [3.63, 3.8) is 0 Å². The molecule has 214 valence electrons. The number of hydrogen-bond donors (Lipinski definition) is 1. The van der Waals surface area contributed by atoms with E-state index in [-0.39, 0.29) is 18.5 Å². The number of ether oxygens (including phenoxy) is 1. The summed E-state index contributed by atoms with van der Waals surface area (Å²) in [4.78, 5) is 34.3. The van der Waals surface area contributed by atoms with Crippen molar-refractivity contribution in [1.29, 1.82) is 0 Å². The van der Waals surface area contributed by atoms with E-state index in [2.05, 4.69) is 41.0 Å². The summed E-state index contributed by atoms with van der Waals surface area (Å²) in [6.45, 7) is 7.02. The third-order valence-corrected chi connectivity index (χ3v) is 8.95. The monoisotopic (exact) mass is 553 g/mol. The molecule has 0 atom stereocenters. The summed E-state index contributed by atoms with van der Waals surface area (Å²) in [6.07, 6.45) is 2.62. The summed E-state index contributed by atoms with van der Waals surface area (Å²) in [5, 5.41) is 0. The predicted molar refractivity (Wildman–Crippen MR) is 162 cm³/mol. The van der Waals surface area contributed by atoms with Gasteiger partial charge in [0.25, 0.3) is 0 Å². The van der Waals surface area contributed by atoms with Gasteiger partial charge in [0.1, 0.15) is 5.75 Å². The number of carbonyl (C=O) groups excluding carboxylic acids is 2. The van der Waals surface area contributed by atoms with Gasteiger partial charge in [0, 0.05) is 68.2 Å². The molecule has 6 rings (SSSR count). The van der Waals surface area contributed by atoms with Crippen LogP contribution in [0.25, 0.3) is 0 Å². The molecular formula is C33H39N5O3. The molecule has 0 unspecified atom stereocenters. The van der Waals surface area contributed by atoms with Crippen molar-refractivity contribution in [2.24, 2.45) is 0 Å². The first kappa shape index (κ1) is 27.1. The van der Waals surface area contributed by atoms with Gasteiger partial charge in [0.05, 0.1) is 13.7 Å². The number of nitrogens with two attached hydrogens (primary N) is 1. The van der Waals surface area contributed by atoms with Gasteiger partial charge in [-0.3, -0.25) is 19.5 Å². The largest absolute Gasteiger partial charge is 0.497 e. The average Bonchev–Trinajstić information content (AvgIpc) is 2.96. The van der Waals surface area contributed by atoms with Gasteiger partial charge in [-0.1, -0.05) is 24.3 Å². The van der Waals surface area contributed by atoms with Crippen LogP contribution in [0.3, 0.4) is 0 Å². The van der Waals surface area contributed by atoms with Crippen LogP contribution in [0.1, 0.15) is 41.9 Å². The van der Waals surface area contributed by atoms with E-state index in [1.54, 1.807) is 12.0 Å². The fourth-order valence-electron chi connectivity index (χ4n) is 6.40. The molecule has 0 spiro atoms. The summed E-state index contributed by atoms with van der Waals surface area (Å²) < 4.78 is 5.22. The number of methoxy groups -OCH3 is 1. The lowest BCUT2D eigenvalue weighted by atomic mass is 9.88. The molecule has 3 saturated heterocycles. The second kappa shape index (κ2) is 11.4. The smallest absolute Gasteiger partial charge is 0.331 e. The highest BCUT2D eigenvalue weighted by atomic mass is 16.5. The molecule has 0 radical (unpaired) electrons. The zero-order valence-electron chi connectivity index (χ0n) is 24.0. The number of piperidine rings is 1. The highest BCUT2D eigenvalue weighted by Crippen LogP contribution is 2.34. The number of anilines is 3. The summed E-state index contributed by atoms with van der Waals surface area (Å²) >= 11 is 0. The zero-order valence-corrected chi connectivity index (χ0v) is 24.0. The normalized spacial score (nSPS) is 19.0. The SMILES string of the molecule is COc1ccc(CN2C(=O)CCN(c3ccc(N4CCC(N5CC(c6ccc(N)cc6)C5)CC4)cc3C)C2=O)cc1. The Kier molecular flexibility index (Phi) is 7.58. The number of aryl methyl sites for hydroxylation is 1. The van der Waals surface area contributed by atoms with Gasteiger partial charge in [-0.15, -0.1) is 0 Å². The average molecular weight is 554 g/mol. The number of nitrogens with zero attached hydrogens (tertiary/aromatic N) is 4. The maximum atomic E-state index is 13.5.